The van der Waals surface area contributed by atoms with Gasteiger partial charge in [-0.05, 0) is 12.2 Å². The molecule has 0 unspecified atom stereocenters. The standard InChI is InChI=1S/C6H7N3/c1-2-4-9-6-7-5-8(9)3-1/h1-5H,6H2. The van der Waals surface area contributed by atoms with E-state index in [4.69, 9.17) is 0 Å². The third-order valence-corrected chi connectivity index (χ3v) is 1.33. The fourth-order valence-corrected chi connectivity index (χ4v) is 0.878. The number of nitrogens with zero attached hydrogens (tertiary/aromatic N) is 3. The van der Waals surface area contributed by atoms with E-state index in [1.54, 1.807) is 6.34 Å². The Balaban J connectivity index is 2.25. The highest BCUT2D eigenvalue weighted by Crippen LogP contribution is 2.07. The van der Waals surface area contributed by atoms with E-state index in [1.165, 1.54) is 0 Å². The van der Waals surface area contributed by atoms with E-state index in [-0.39, 0.29) is 0 Å². The number of rotatable bonds is 0. The van der Waals surface area contributed by atoms with Gasteiger partial charge in [0.15, 0.2) is 0 Å². The van der Waals surface area contributed by atoms with Crippen molar-refractivity contribution in [2.75, 3.05) is 6.67 Å². The molecule has 0 aromatic carbocycles. The molecule has 0 aromatic heterocycles. The molecule has 2 aliphatic heterocycles. The van der Waals surface area contributed by atoms with Crippen LogP contribution >= 0.6 is 0 Å². The fraction of sp³-hybridized carbons (Fsp3) is 0.167. The lowest BCUT2D eigenvalue weighted by Crippen LogP contribution is -2.29. The highest BCUT2D eigenvalue weighted by Gasteiger charge is 2.10. The molecule has 2 heterocycles. The second-order valence-corrected chi connectivity index (χ2v) is 1.94. The van der Waals surface area contributed by atoms with Gasteiger partial charge in [0.2, 0.25) is 0 Å². The van der Waals surface area contributed by atoms with Crippen LogP contribution in [0.2, 0.25) is 0 Å². The lowest BCUT2D eigenvalue weighted by molar-refractivity contribution is 0.193. The van der Waals surface area contributed by atoms with Crippen LogP contribution in [-0.2, 0) is 0 Å². The van der Waals surface area contributed by atoms with Crippen LogP contribution in [0.4, 0.5) is 0 Å². The lowest BCUT2D eigenvalue weighted by Gasteiger charge is -2.23. The van der Waals surface area contributed by atoms with E-state index in [1.807, 2.05) is 34.6 Å². The summed E-state index contributed by atoms with van der Waals surface area (Å²) in [6.45, 7) is 0.751. The van der Waals surface area contributed by atoms with Crippen molar-refractivity contribution in [3.63, 3.8) is 0 Å². The zero-order valence-corrected chi connectivity index (χ0v) is 4.94. The molecular weight excluding hydrogens is 114 g/mol. The van der Waals surface area contributed by atoms with Gasteiger partial charge in [-0.15, -0.1) is 0 Å². The molecule has 3 heteroatoms. The molecular formula is C6H7N3. The summed E-state index contributed by atoms with van der Waals surface area (Å²) in [5.41, 5.74) is 0. The molecule has 0 bridgehead atoms. The predicted molar refractivity (Wildman–Crippen MR) is 35.3 cm³/mol. The number of allylic oxidation sites excluding steroid dienone is 2. The third kappa shape index (κ3) is 0.614. The first-order chi connectivity index (χ1) is 4.47. The minimum absolute atomic E-state index is 0.751. The van der Waals surface area contributed by atoms with Crippen molar-refractivity contribution in [3.05, 3.63) is 24.6 Å². The van der Waals surface area contributed by atoms with Gasteiger partial charge < -0.3 is 0 Å². The van der Waals surface area contributed by atoms with Crippen molar-refractivity contribution in [3.8, 4) is 0 Å². The summed E-state index contributed by atoms with van der Waals surface area (Å²) in [5, 5.41) is 3.96. The topological polar surface area (TPSA) is 18.8 Å². The van der Waals surface area contributed by atoms with E-state index >= 15 is 0 Å². The van der Waals surface area contributed by atoms with Crippen molar-refractivity contribution in [1.82, 2.24) is 10.0 Å². The molecule has 0 saturated carbocycles. The molecule has 46 valence electrons. The van der Waals surface area contributed by atoms with Gasteiger partial charge in [0.05, 0.1) is 0 Å². The van der Waals surface area contributed by atoms with Crippen molar-refractivity contribution in [2.45, 2.75) is 0 Å². The largest absolute Gasteiger partial charge is 0.266 e. The van der Waals surface area contributed by atoms with Gasteiger partial charge >= 0.3 is 0 Å². The normalized spacial score (nSPS) is 21.3. The van der Waals surface area contributed by atoms with Crippen LogP contribution in [0.3, 0.4) is 0 Å². The molecule has 0 radical (unpaired) electrons. The number of hydrazine groups is 1. The Bertz CT molecular complexity index is 192. The summed E-state index contributed by atoms with van der Waals surface area (Å²) in [6, 6.07) is 0. The van der Waals surface area contributed by atoms with Crippen LogP contribution in [0, 0.1) is 0 Å². The summed E-state index contributed by atoms with van der Waals surface area (Å²) in [5.74, 6) is 0. The van der Waals surface area contributed by atoms with Crippen LogP contribution in [0.25, 0.3) is 0 Å². The Kier molecular flexibility index (Phi) is 0.828. The second kappa shape index (κ2) is 1.62. The Labute approximate surface area is 53.6 Å². The lowest BCUT2D eigenvalue weighted by atomic mass is 10.5. The van der Waals surface area contributed by atoms with Gasteiger partial charge in [-0.2, -0.15) is 0 Å². The smallest absolute Gasteiger partial charge is 0.131 e. The van der Waals surface area contributed by atoms with Gasteiger partial charge in [0, 0.05) is 12.4 Å². The Hall–Kier alpha value is -1.25. The summed E-state index contributed by atoms with van der Waals surface area (Å²) in [7, 11) is 0. The first-order valence-corrected chi connectivity index (χ1v) is 2.87. The monoisotopic (exact) mass is 121 g/mol. The molecule has 2 rings (SSSR count). The molecule has 0 fully saturated rings. The van der Waals surface area contributed by atoms with Crippen LogP contribution < -0.4 is 0 Å². The van der Waals surface area contributed by atoms with E-state index in [2.05, 4.69) is 4.99 Å². The molecule has 0 spiro atoms. The summed E-state index contributed by atoms with van der Waals surface area (Å²) in [4.78, 5) is 4.05. The zero-order chi connectivity index (χ0) is 6.10. The van der Waals surface area contributed by atoms with E-state index < -0.39 is 0 Å². The van der Waals surface area contributed by atoms with E-state index in [9.17, 15) is 0 Å². The average Bonchev–Trinajstić information content (AvgIpc) is 2.33. The summed E-state index contributed by atoms with van der Waals surface area (Å²) >= 11 is 0. The number of hydrogen-bond donors (Lipinski definition) is 0. The van der Waals surface area contributed by atoms with Crippen molar-refractivity contribution < 1.29 is 0 Å². The van der Waals surface area contributed by atoms with Crippen LogP contribution in [0.1, 0.15) is 0 Å². The van der Waals surface area contributed by atoms with Crippen LogP contribution in [0.15, 0.2) is 29.5 Å². The predicted octanol–water partition coefficient (Wildman–Crippen LogP) is 0.546. The molecule has 0 aromatic rings. The second-order valence-electron chi connectivity index (χ2n) is 1.94. The molecule has 9 heavy (non-hydrogen) atoms. The maximum atomic E-state index is 4.05. The Morgan fingerprint density at radius 1 is 1.22 bits per heavy atom. The average molecular weight is 121 g/mol. The number of aliphatic imine (C=N–C) groups is 1. The molecule has 0 saturated heterocycles. The highest BCUT2D eigenvalue weighted by molar-refractivity contribution is 5.58. The van der Waals surface area contributed by atoms with Gasteiger partial charge in [-0.25, -0.2) is 5.01 Å². The molecule has 2 aliphatic rings. The molecule has 0 atom stereocenters. The van der Waals surface area contributed by atoms with Crippen molar-refractivity contribution >= 4 is 6.34 Å². The van der Waals surface area contributed by atoms with Gasteiger partial charge in [0.1, 0.15) is 13.0 Å². The molecule has 3 nitrogen and oxygen atoms in total. The minimum Gasteiger partial charge on any atom is -0.266 e. The minimum atomic E-state index is 0.751. The number of hydrogen-bond acceptors (Lipinski definition) is 3. The molecule has 0 aliphatic carbocycles. The van der Waals surface area contributed by atoms with E-state index in [0.29, 0.717) is 0 Å². The van der Waals surface area contributed by atoms with Gasteiger partial charge in [-0.1, -0.05) is 0 Å². The first kappa shape index (κ1) is 4.61. The van der Waals surface area contributed by atoms with Crippen molar-refractivity contribution in [1.29, 1.82) is 0 Å². The Morgan fingerprint density at radius 2 is 2.11 bits per heavy atom. The van der Waals surface area contributed by atoms with Gasteiger partial charge in [0.25, 0.3) is 0 Å². The van der Waals surface area contributed by atoms with Crippen LogP contribution in [-0.4, -0.2) is 23.0 Å². The Morgan fingerprint density at radius 3 is 3.00 bits per heavy atom. The van der Waals surface area contributed by atoms with Crippen LogP contribution in [0.5, 0.6) is 0 Å². The molecule has 0 amide bonds. The fourth-order valence-electron chi connectivity index (χ4n) is 0.878. The summed E-state index contributed by atoms with van der Waals surface area (Å²) < 4.78 is 0. The van der Waals surface area contributed by atoms with Gasteiger partial charge in [-0.3, -0.25) is 10.0 Å². The highest BCUT2D eigenvalue weighted by atomic mass is 15.7. The third-order valence-electron chi connectivity index (χ3n) is 1.33. The quantitative estimate of drug-likeness (QED) is 0.466. The maximum absolute atomic E-state index is 4.05. The van der Waals surface area contributed by atoms with Crippen molar-refractivity contribution in [2.24, 2.45) is 4.99 Å². The SMILES string of the molecule is C1=CN2C=NCN2C=C1. The molecule has 0 N–H and O–H groups in total. The number of fused-ring (bicyclic) bond motifs is 1. The first-order valence-electron chi connectivity index (χ1n) is 2.87. The zero-order valence-electron chi connectivity index (χ0n) is 4.94. The summed E-state index contributed by atoms with van der Waals surface area (Å²) in [6.07, 6.45) is 9.74. The van der Waals surface area contributed by atoms with E-state index in [0.717, 1.165) is 6.67 Å². The maximum Gasteiger partial charge on any atom is 0.131 e.